The van der Waals surface area contributed by atoms with E-state index in [-0.39, 0.29) is 23.0 Å². The molecule has 0 aliphatic heterocycles. The van der Waals surface area contributed by atoms with Crippen LogP contribution in [0.3, 0.4) is 0 Å². The van der Waals surface area contributed by atoms with Gasteiger partial charge in [-0.2, -0.15) is 10.2 Å². The van der Waals surface area contributed by atoms with Crippen molar-refractivity contribution in [3.63, 3.8) is 0 Å². The van der Waals surface area contributed by atoms with Crippen molar-refractivity contribution in [2.24, 2.45) is 0 Å². The van der Waals surface area contributed by atoms with Crippen LogP contribution in [-0.2, 0) is 17.6 Å². The molecule has 0 spiro atoms. The standard InChI is InChI=1S/C22H23F2N5O3/c1-4-17(30)26-14-10-25-28-22(14)21-12-7-5-6-11(8-13(12)27-29-21)18-19(23)15(31-2)9-16(32-3)20(18)24/h4,9-11H,1,5-8H2,2-3H3,(H,25,28)(H,26,30)(H,27,29)/t11-/m0/s1. The number of amides is 1. The Morgan fingerprint density at radius 2 is 1.94 bits per heavy atom. The van der Waals surface area contributed by atoms with Crippen molar-refractivity contribution in [2.45, 2.75) is 31.6 Å². The highest BCUT2D eigenvalue weighted by Gasteiger charge is 2.31. The summed E-state index contributed by atoms with van der Waals surface area (Å²) in [7, 11) is 2.66. The van der Waals surface area contributed by atoms with E-state index in [9.17, 15) is 4.79 Å². The van der Waals surface area contributed by atoms with E-state index in [2.05, 4.69) is 32.3 Å². The lowest BCUT2D eigenvalue weighted by atomic mass is 9.90. The third-order valence-corrected chi connectivity index (χ3v) is 5.71. The first-order valence-corrected chi connectivity index (χ1v) is 10.1. The highest BCUT2D eigenvalue weighted by Crippen LogP contribution is 2.41. The van der Waals surface area contributed by atoms with Gasteiger partial charge in [-0.15, -0.1) is 0 Å². The number of nitrogens with one attached hydrogen (secondary N) is 3. The second-order valence-electron chi connectivity index (χ2n) is 7.49. The number of fused-ring (bicyclic) bond motifs is 1. The van der Waals surface area contributed by atoms with Gasteiger partial charge in [0.05, 0.1) is 19.9 Å². The first kappa shape index (κ1) is 21.5. The summed E-state index contributed by atoms with van der Waals surface area (Å²) in [5.74, 6) is -2.37. The second kappa shape index (κ2) is 8.81. The zero-order valence-electron chi connectivity index (χ0n) is 17.7. The lowest BCUT2D eigenvalue weighted by Crippen LogP contribution is -2.10. The van der Waals surface area contributed by atoms with Gasteiger partial charge in [0.25, 0.3) is 0 Å². The number of nitrogens with zero attached hydrogens (tertiary/aromatic N) is 2. The van der Waals surface area contributed by atoms with Gasteiger partial charge in [-0.25, -0.2) is 8.78 Å². The molecule has 0 unspecified atom stereocenters. The Labute approximate surface area is 183 Å². The van der Waals surface area contributed by atoms with E-state index in [0.29, 0.717) is 42.8 Å². The molecule has 4 rings (SSSR count). The van der Waals surface area contributed by atoms with Gasteiger partial charge >= 0.3 is 0 Å². The third kappa shape index (κ3) is 3.72. The molecule has 0 radical (unpaired) electrons. The molecule has 0 saturated heterocycles. The van der Waals surface area contributed by atoms with Crippen LogP contribution < -0.4 is 14.8 Å². The molecule has 2 heterocycles. The van der Waals surface area contributed by atoms with Crippen molar-refractivity contribution >= 4 is 11.6 Å². The van der Waals surface area contributed by atoms with E-state index < -0.39 is 17.6 Å². The molecule has 1 aliphatic rings. The largest absolute Gasteiger partial charge is 0.494 e. The molecular weight excluding hydrogens is 420 g/mol. The maximum atomic E-state index is 15.1. The number of aromatic amines is 2. The summed E-state index contributed by atoms with van der Waals surface area (Å²) in [6.45, 7) is 3.45. The number of H-pyrrole nitrogens is 2. The van der Waals surface area contributed by atoms with E-state index >= 15 is 8.78 Å². The van der Waals surface area contributed by atoms with Crippen LogP contribution in [0.15, 0.2) is 24.9 Å². The summed E-state index contributed by atoms with van der Waals surface area (Å²) >= 11 is 0. The van der Waals surface area contributed by atoms with Crippen LogP contribution in [0.4, 0.5) is 14.5 Å². The van der Waals surface area contributed by atoms with Crippen molar-refractivity contribution in [1.29, 1.82) is 0 Å². The molecule has 1 amide bonds. The van der Waals surface area contributed by atoms with Gasteiger partial charge in [-0.3, -0.25) is 15.0 Å². The van der Waals surface area contributed by atoms with Gasteiger partial charge in [0.15, 0.2) is 23.1 Å². The highest BCUT2D eigenvalue weighted by molar-refractivity contribution is 6.01. The lowest BCUT2D eigenvalue weighted by molar-refractivity contribution is -0.111. The summed E-state index contributed by atoms with van der Waals surface area (Å²) in [5.41, 5.74) is 3.17. The fraction of sp³-hybridized carbons (Fsp3) is 0.318. The molecule has 3 N–H and O–H groups in total. The molecule has 8 nitrogen and oxygen atoms in total. The second-order valence-corrected chi connectivity index (χ2v) is 7.49. The van der Waals surface area contributed by atoms with Crippen LogP contribution in [0.2, 0.25) is 0 Å². The average molecular weight is 443 g/mol. The minimum atomic E-state index is -0.722. The number of carbonyl (C=O) groups is 1. The van der Waals surface area contributed by atoms with Crippen LogP contribution in [0, 0.1) is 11.6 Å². The SMILES string of the molecule is C=CC(=O)Nc1c[nH]nc1-c1n[nH]c2c1CCC[C@H](c1c(F)c(OC)cc(OC)c1F)C2. The Kier molecular flexibility index (Phi) is 5.93. The summed E-state index contributed by atoms with van der Waals surface area (Å²) in [4.78, 5) is 11.7. The molecule has 0 saturated carbocycles. The number of aromatic nitrogens is 4. The molecule has 168 valence electrons. The van der Waals surface area contributed by atoms with Crippen LogP contribution in [0.25, 0.3) is 11.4 Å². The Balaban J connectivity index is 1.71. The molecular formula is C22H23F2N5O3. The average Bonchev–Trinajstić information content (AvgIpc) is 3.34. The molecule has 3 aromatic rings. The van der Waals surface area contributed by atoms with Crippen molar-refractivity contribution in [1.82, 2.24) is 20.4 Å². The zero-order valence-corrected chi connectivity index (χ0v) is 17.7. The van der Waals surface area contributed by atoms with Crippen molar-refractivity contribution in [3.8, 4) is 22.9 Å². The van der Waals surface area contributed by atoms with Gasteiger partial charge in [-0.1, -0.05) is 6.58 Å². The fourth-order valence-corrected chi connectivity index (χ4v) is 4.17. The molecule has 0 bridgehead atoms. The van der Waals surface area contributed by atoms with E-state index in [1.54, 1.807) is 6.20 Å². The number of ether oxygens (including phenoxy) is 2. The summed E-state index contributed by atoms with van der Waals surface area (Å²) in [5, 5.41) is 17.0. The Hall–Kier alpha value is -3.69. The fourth-order valence-electron chi connectivity index (χ4n) is 4.17. The quantitative estimate of drug-likeness (QED) is 0.396. The Bertz CT molecular complexity index is 1140. The van der Waals surface area contributed by atoms with Crippen LogP contribution in [0.1, 0.15) is 35.6 Å². The summed E-state index contributed by atoms with van der Waals surface area (Å²) in [6.07, 6.45) is 4.96. The molecule has 1 atom stereocenters. The molecule has 1 aromatic carbocycles. The minimum absolute atomic E-state index is 0.0519. The maximum Gasteiger partial charge on any atom is 0.247 e. The third-order valence-electron chi connectivity index (χ3n) is 5.71. The van der Waals surface area contributed by atoms with Crippen molar-refractivity contribution < 1.29 is 23.0 Å². The first-order chi connectivity index (χ1) is 15.5. The number of anilines is 1. The van der Waals surface area contributed by atoms with Crippen LogP contribution >= 0.6 is 0 Å². The Morgan fingerprint density at radius 3 is 2.59 bits per heavy atom. The number of hydrogen-bond donors (Lipinski definition) is 3. The van der Waals surface area contributed by atoms with E-state index in [4.69, 9.17) is 9.47 Å². The number of benzene rings is 1. The Morgan fingerprint density at radius 1 is 1.22 bits per heavy atom. The first-order valence-electron chi connectivity index (χ1n) is 10.1. The van der Waals surface area contributed by atoms with Gasteiger partial charge in [0.1, 0.15) is 11.4 Å². The topological polar surface area (TPSA) is 105 Å². The maximum absolute atomic E-state index is 15.1. The number of methoxy groups -OCH3 is 2. The highest BCUT2D eigenvalue weighted by atomic mass is 19.1. The van der Waals surface area contributed by atoms with Crippen LogP contribution in [0.5, 0.6) is 11.5 Å². The minimum Gasteiger partial charge on any atom is -0.494 e. The smallest absolute Gasteiger partial charge is 0.247 e. The van der Waals surface area contributed by atoms with Gasteiger partial charge in [0, 0.05) is 29.1 Å². The van der Waals surface area contributed by atoms with Gasteiger partial charge < -0.3 is 14.8 Å². The van der Waals surface area contributed by atoms with Crippen molar-refractivity contribution in [3.05, 3.63) is 53.4 Å². The van der Waals surface area contributed by atoms with E-state index in [1.165, 1.54) is 20.3 Å². The molecule has 10 heteroatoms. The zero-order chi connectivity index (χ0) is 22.8. The van der Waals surface area contributed by atoms with Crippen molar-refractivity contribution in [2.75, 3.05) is 19.5 Å². The molecule has 0 fully saturated rings. The van der Waals surface area contributed by atoms with Gasteiger partial charge in [0.2, 0.25) is 5.91 Å². The van der Waals surface area contributed by atoms with Gasteiger partial charge in [-0.05, 0) is 37.7 Å². The number of rotatable bonds is 6. The summed E-state index contributed by atoms with van der Waals surface area (Å²) in [6, 6.07) is 1.21. The number of hydrogen-bond acceptors (Lipinski definition) is 5. The molecule has 1 aliphatic carbocycles. The van der Waals surface area contributed by atoms with Crippen LogP contribution in [-0.4, -0.2) is 40.5 Å². The molecule has 32 heavy (non-hydrogen) atoms. The summed E-state index contributed by atoms with van der Waals surface area (Å²) < 4.78 is 40.3. The normalized spacial score (nSPS) is 15.6. The predicted octanol–water partition coefficient (Wildman–Crippen LogP) is 3.88. The number of halogens is 2. The molecule has 2 aromatic heterocycles. The van der Waals surface area contributed by atoms with E-state index in [0.717, 1.165) is 17.3 Å². The lowest BCUT2D eigenvalue weighted by Gasteiger charge is -2.19. The number of carbonyl (C=O) groups excluding carboxylic acids is 1. The monoisotopic (exact) mass is 443 g/mol. The van der Waals surface area contributed by atoms with E-state index in [1.807, 2.05) is 0 Å². The predicted molar refractivity (Wildman–Crippen MR) is 114 cm³/mol.